The van der Waals surface area contributed by atoms with E-state index in [1.54, 1.807) is 18.4 Å². The Bertz CT molecular complexity index is 512. The number of benzene rings is 1. The molecule has 1 aromatic carbocycles. The van der Waals surface area contributed by atoms with Crippen molar-refractivity contribution in [2.45, 2.75) is 25.8 Å². The van der Waals surface area contributed by atoms with Crippen molar-refractivity contribution in [1.82, 2.24) is 10.2 Å². The molecule has 0 saturated carbocycles. The second-order valence-corrected chi connectivity index (χ2v) is 5.17. The normalized spacial score (nSPS) is 12.4. The summed E-state index contributed by atoms with van der Waals surface area (Å²) in [5, 5.41) is 10.2. The van der Waals surface area contributed by atoms with Crippen LogP contribution in [0.1, 0.15) is 35.0 Å². The Morgan fingerprint density at radius 2 is 2.22 bits per heavy atom. The van der Waals surface area contributed by atoms with E-state index in [9.17, 15) is 0 Å². The van der Waals surface area contributed by atoms with Crippen LogP contribution in [0.15, 0.2) is 24.3 Å². The zero-order valence-electron chi connectivity index (χ0n) is 10.6. The predicted molar refractivity (Wildman–Crippen MR) is 72.9 cm³/mol. The van der Waals surface area contributed by atoms with Crippen LogP contribution in [-0.4, -0.2) is 17.3 Å². The lowest BCUT2D eigenvalue weighted by molar-refractivity contribution is 0.414. The molecular weight excluding hydrogens is 246 g/mol. The molecule has 18 heavy (non-hydrogen) atoms. The van der Waals surface area contributed by atoms with Crippen molar-refractivity contribution in [2.24, 2.45) is 5.73 Å². The second-order valence-electron chi connectivity index (χ2n) is 4.08. The van der Waals surface area contributed by atoms with Gasteiger partial charge in [-0.25, -0.2) is 0 Å². The van der Waals surface area contributed by atoms with Crippen molar-refractivity contribution in [3.05, 3.63) is 39.8 Å². The molecule has 0 aliphatic carbocycles. The van der Waals surface area contributed by atoms with Gasteiger partial charge in [-0.1, -0.05) is 30.4 Å². The third kappa shape index (κ3) is 3.05. The smallest absolute Gasteiger partial charge is 0.134 e. The monoisotopic (exact) mass is 263 g/mol. The highest BCUT2D eigenvalue weighted by atomic mass is 32.1. The van der Waals surface area contributed by atoms with Gasteiger partial charge < -0.3 is 10.5 Å². The van der Waals surface area contributed by atoms with Gasteiger partial charge in [-0.05, 0) is 24.1 Å². The summed E-state index contributed by atoms with van der Waals surface area (Å²) in [4.78, 5) is 0. The largest absolute Gasteiger partial charge is 0.497 e. The van der Waals surface area contributed by atoms with Gasteiger partial charge in [0.25, 0.3) is 0 Å². The maximum Gasteiger partial charge on any atom is 0.134 e. The first-order chi connectivity index (χ1) is 8.72. The Morgan fingerprint density at radius 3 is 2.94 bits per heavy atom. The minimum Gasteiger partial charge on any atom is -0.497 e. The fraction of sp³-hybridized carbons (Fsp3) is 0.385. The van der Waals surface area contributed by atoms with E-state index >= 15 is 0 Å². The zero-order valence-corrected chi connectivity index (χ0v) is 11.4. The van der Waals surface area contributed by atoms with E-state index in [0.717, 1.165) is 28.6 Å². The van der Waals surface area contributed by atoms with Crippen molar-refractivity contribution >= 4 is 11.3 Å². The van der Waals surface area contributed by atoms with Crippen molar-refractivity contribution in [1.29, 1.82) is 0 Å². The number of nitrogens with two attached hydrogens (primary N) is 1. The van der Waals surface area contributed by atoms with E-state index in [2.05, 4.69) is 16.3 Å². The van der Waals surface area contributed by atoms with Crippen molar-refractivity contribution in [3.63, 3.8) is 0 Å². The van der Waals surface area contributed by atoms with Crippen molar-refractivity contribution in [3.8, 4) is 5.75 Å². The highest BCUT2D eigenvalue weighted by Gasteiger charge is 2.11. The highest BCUT2D eigenvalue weighted by molar-refractivity contribution is 7.11. The Hall–Kier alpha value is -1.46. The average molecular weight is 263 g/mol. The van der Waals surface area contributed by atoms with Crippen LogP contribution in [0.4, 0.5) is 0 Å². The minimum atomic E-state index is 0.00144. The lowest BCUT2D eigenvalue weighted by Crippen LogP contribution is -2.07. The van der Waals surface area contributed by atoms with E-state index in [1.165, 1.54) is 5.56 Å². The van der Waals surface area contributed by atoms with Gasteiger partial charge in [0.1, 0.15) is 15.8 Å². The summed E-state index contributed by atoms with van der Waals surface area (Å²) in [6.07, 6.45) is 1.65. The maximum atomic E-state index is 5.93. The molecule has 0 bridgehead atoms. The number of rotatable bonds is 5. The van der Waals surface area contributed by atoms with Crippen LogP contribution in [0.3, 0.4) is 0 Å². The van der Waals surface area contributed by atoms with Gasteiger partial charge in [-0.15, -0.1) is 10.2 Å². The summed E-state index contributed by atoms with van der Waals surface area (Å²) in [7, 11) is 1.67. The van der Waals surface area contributed by atoms with Gasteiger partial charge in [0.05, 0.1) is 13.2 Å². The van der Waals surface area contributed by atoms with E-state index in [0.29, 0.717) is 0 Å². The van der Waals surface area contributed by atoms with Crippen LogP contribution in [0.2, 0.25) is 0 Å². The quantitative estimate of drug-likeness (QED) is 0.900. The SMILES string of the molecule is CCC(N)c1nnc(Cc2cccc(OC)c2)s1. The Morgan fingerprint density at radius 1 is 1.39 bits per heavy atom. The summed E-state index contributed by atoms with van der Waals surface area (Å²) in [5.41, 5.74) is 7.10. The number of ether oxygens (including phenoxy) is 1. The van der Waals surface area contributed by atoms with Gasteiger partial charge >= 0.3 is 0 Å². The fourth-order valence-corrected chi connectivity index (χ4v) is 2.58. The third-order valence-electron chi connectivity index (χ3n) is 2.73. The van der Waals surface area contributed by atoms with Gasteiger partial charge in [0, 0.05) is 6.42 Å². The molecule has 2 aromatic rings. The van der Waals surface area contributed by atoms with E-state index in [-0.39, 0.29) is 6.04 Å². The number of nitrogens with zero attached hydrogens (tertiary/aromatic N) is 2. The van der Waals surface area contributed by atoms with Gasteiger partial charge in [0.15, 0.2) is 0 Å². The van der Waals surface area contributed by atoms with Crippen molar-refractivity contribution < 1.29 is 4.74 Å². The van der Waals surface area contributed by atoms with E-state index in [1.807, 2.05) is 25.1 Å². The fourth-order valence-electron chi connectivity index (χ4n) is 1.62. The van der Waals surface area contributed by atoms with Crippen LogP contribution >= 0.6 is 11.3 Å². The first-order valence-electron chi connectivity index (χ1n) is 5.93. The Balaban J connectivity index is 2.11. The topological polar surface area (TPSA) is 61.0 Å². The molecule has 2 rings (SSSR count). The molecule has 0 radical (unpaired) electrons. The molecule has 1 aromatic heterocycles. The summed E-state index contributed by atoms with van der Waals surface area (Å²) in [5.74, 6) is 0.863. The maximum absolute atomic E-state index is 5.93. The molecule has 0 fully saturated rings. The highest BCUT2D eigenvalue weighted by Crippen LogP contribution is 2.22. The number of hydrogen-bond donors (Lipinski definition) is 1. The van der Waals surface area contributed by atoms with Gasteiger partial charge in [0.2, 0.25) is 0 Å². The molecule has 96 valence electrons. The molecule has 1 unspecified atom stereocenters. The lowest BCUT2D eigenvalue weighted by atomic mass is 10.1. The Kier molecular flexibility index (Phi) is 4.28. The van der Waals surface area contributed by atoms with E-state index < -0.39 is 0 Å². The molecule has 0 aliphatic rings. The molecular formula is C13H17N3OS. The van der Waals surface area contributed by atoms with Crippen LogP contribution < -0.4 is 10.5 Å². The van der Waals surface area contributed by atoms with Gasteiger partial charge in [-0.3, -0.25) is 0 Å². The summed E-state index contributed by atoms with van der Waals surface area (Å²) >= 11 is 1.59. The molecule has 1 heterocycles. The van der Waals surface area contributed by atoms with Crippen molar-refractivity contribution in [2.75, 3.05) is 7.11 Å². The van der Waals surface area contributed by atoms with Gasteiger partial charge in [-0.2, -0.15) is 0 Å². The molecule has 4 nitrogen and oxygen atoms in total. The Labute approximate surface area is 111 Å². The number of methoxy groups -OCH3 is 1. The summed E-state index contributed by atoms with van der Waals surface area (Å²) in [6.45, 7) is 2.05. The predicted octanol–water partition coefficient (Wildman–Crippen LogP) is 2.55. The zero-order chi connectivity index (χ0) is 13.0. The standard InChI is InChI=1S/C13H17N3OS/c1-3-11(14)13-16-15-12(18-13)8-9-5-4-6-10(7-9)17-2/h4-7,11H,3,8,14H2,1-2H3. The first-order valence-corrected chi connectivity index (χ1v) is 6.75. The average Bonchev–Trinajstić information content (AvgIpc) is 2.86. The summed E-state index contributed by atoms with van der Waals surface area (Å²) in [6, 6.07) is 7.99. The molecule has 0 amide bonds. The van der Waals surface area contributed by atoms with Crippen LogP contribution in [0.5, 0.6) is 5.75 Å². The van der Waals surface area contributed by atoms with Crippen LogP contribution in [-0.2, 0) is 6.42 Å². The molecule has 5 heteroatoms. The van der Waals surface area contributed by atoms with E-state index in [4.69, 9.17) is 10.5 Å². The molecule has 1 atom stereocenters. The lowest BCUT2D eigenvalue weighted by Gasteiger charge is -2.02. The number of aromatic nitrogens is 2. The minimum absolute atomic E-state index is 0.00144. The first kappa shape index (κ1) is 13.0. The molecule has 2 N–H and O–H groups in total. The van der Waals surface area contributed by atoms with Crippen LogP contribution in [0, 0.1) is 0 Å². The second kappa shape index (κ2) is 5.93. The third-order valence-corrected chi connectivity index (χ3v) is 3.78. The van der Waals surface area contributed by atoms with Crippen LogP contribution in [0.25, 0.3) is 0 Å². The summed E-state index contributed by atoms with van der Waals surface area (Å²) < 4.78 is 5.20. The molecule has 0 aliphatic heterocycles. The molecule has 0 spiro atoms. The molecule has 0 saturated heterocycles. The number of hydrogen-bond acceptors (Lipinski definition) is 5.